The summed E-state index contributed by atoms with van der Waals surface area (Å²) in [6.07, 6.45) is 78.1. The average molecular weight is 1200 g/mol. The van der Waals surface area contributed by atoms with Crippen LogP contribution in [0.5, 0.6) is 0 Å². The molecule has 0 radical (unpaired) electrons. The van der Waals surface area contributed by atoms with Crippen molar-refractivity contribution in [2.45, 2.75) is 328 Å². The Bertz CT molecular complexity index is 1730. The zero-order chi connectivity index (χ0) is 61.2. The fourth-order valence-electron chi connectivity index (χ4n) is 9.59. The molecule has 3 unspecified atom stereocenters. The first-order valence-electron chi connectivity index (χ1n) is 34.5. The van der Waals surface area contributed by atoms with Crippen LogP contribution < -0.4 is 0 Å². The minimum absolute atomic E-state index is 0.147. The highest BCUT2D eigenvalue weighted by Crippen LogP contribution is 2.43. The Kier molecular flexibility index (Phi) is 63.0. The maximum atomic E-state index is 13.0. The molecule has 11 nitrogen and oxygen atoms in total. The molecule has 0 amide bonds. The molecule has 0 spiro atoms. The topological polar surface area (TPSA) is 155 Å². The standard InChI is InChI=1S/C72H127O11P/c1-4-7-10-13-16-19-22-25-28-31-34-37-40-43-46-49-52-55-58-61-70(74)79-65-69(83-72(76)63-60-57-54-51-48-45-42-39-36-33-30-27-24-21-18-15-12-9-6-3)67-81-84(77,78)80-66-68(64-73)82-71(75)62-59-56-53-50-47-44-41-38-35-32-29-26-23-20-17-14-11-8-5-2/h9,12,16,18-19,21,25,27-28,30,34,36-37,39,68-69,73H,4-8,10-11,13-15,17,20,22-24,26,29,31-33,35,38,40-67H2,1-3H3,(H,77,78)/b12-9-,19-16-,21-18-,28-25-,30-27-,37-34-,39-36-. The molecule has 12 heteroatoms. The number of hydrogen-bond acceptors (Lipinski definition) is 10. The van der Waals surface area contributed by atoms with Gasteiger partial charge < -0.3 is 24.2 Å². The van der Waals surface area contributed by atoms with Crippen LogP contribution in [0.1, 0.15) is 316 Å². The lowest BCUT2D eigenvalue weighted by Gasteiger charge is -2.21. The van der Waals surface area contributed by atoms with E-state index in [0.717, 1.165) is 135 Å². The van der Waals surface area contributed by atoms with Crippen LogP contribution in [0.3, 0.4) is 0 Å². The summed E-state index contributed by atoms with van der Waals surface area (Å²) < 4.78 is 39.8. The minimum atomic E-state index is -4.77. The van der Waals surface area contributed by atoms with Crippen molar-refractivity contribution in [1.29, 1.82) is 0 Å². The summed E-state index contributed by atoms with van der Waals surface area (Å²) in [6, 6.07) is 0. The molecular weight excluding hydrogens is 1070 g/mol. The molecule has 0 aromatic heterocycles. The van der Waals surface area contributed by atoms with Crippen LogP contribution >= 0.6 is 7.82 Å². The molecular formula is C72H127O11P. The lowest BCUT2D eigenvalue weighted by molar-refractivity contribution is -0.161. The minimum Gasteiger partial charge on any atom is -0.462 e. The summed E-state index contributed by atoms with van der Waals surface area (Å²) in [5.74, 6) is -1.48. The van der Waals surface area contributed by atoms with Crippen LogP contribution in [0.4, 0.5) is 0 Å². The molecule has 0 aliphatic carbocycles. The predicted molar refractivity (Wildman–Crippen MR) is 353 cm³/mol. The molecule has 0 aliphatic heterocycles. The number of unbranched alkanes of at least 4 members (excludes halogenated alkanes) is 33. The molecule has 486 valence electrons. The summed E-state index contributed by atoms with van der Waals surface area (Å²) in [6.45, 7) is 4.54. The molecule has 2 N–H and O–H groups in total. The molecule has 0 aromatic carbocycles. The number of carbonyl (C=O) groups is 3. The predicted octanol–water partition coefficient (Wildman–Crippen LogP) is 21.4. The number of phosphoric ester groups is 1. The number of hydrogen-bond donors (Lipinski definition) is 2. The summed E-state index contributed by atoms with van der Waals surface area (Å²) in [4.78, 5) is 48.9. The summed E-state index contributed by atoms with van der Waals surface area (Å²) >= 11 is 0. The van der Waals surface area contributed by atoms with Crippen molar-refractivity contribution in [3.8, 4) is 0 Å². The number of allylic oxidation sites excluding steroid dienone is 14. The normalized spacial score (nSPS) is 13.7. The van der Waals surface area contributed by atoms with Crippen molar-refractivity contribution in [3.05, 3.63) is 85.1 Å². The maximum absolute atomic E-state index is 13.0. The van der Waals surface area contributed by atoms with Crippen molar-refractivity contribution < 1.29 is 52.2 Å². The first kappa shape index (κ1) is 80.7. The third kappa shape index (κ3) is 63.2. The van der Waals surface area contributed by atoms with E-state index in [1.165, 1.54) is 122 Å². The molecule has 84 heavy (non-hydrogen) atoms. The third-order valence-electron chi connectivity index (χ3n) is 14.8. The molecule has 0 fully saturated rings. The highest BCUT2D eigenvalue weighted by Gasteiger charge is 2.28. The van der Waals surface area contributed by atoms with Gasteiger partial charge in [-0.25, -0.2) is 4.57 Å². The Labute approximate surface area is 515 Å². The molecule has 3 atom stereocenters. The molecule has 0 rings (SSSR count). The van der Waals surface area contributed by atoms with E-state index in [2.05, 4.69) is 106 Å². The summed E-state index contributed by atoms with van der Waals surface area (Å²) in [7, 11) is -4.77. The Morgan fingerprint density at radius 3 is 0.976 bits per heavy atom. The van der Waals surface area contributed by atoms with E-state index in [-0.39, 0.29) is 25.9 Å². The average Bonchev–Trinajstić information content (AvgIpc) is 3.53. The molecule has 0 bridgehead atoms. The lowest BCUT2D eigenvalue weighted by atomic mass is 10.0. The SMILES string of the molecule is CC/C=C\C/C=C\C/C=C\C/C=C\CCCCCCCCC(=O)OC(COC(=O)CCCCCCCC/C=C\C/C=C\C/C=C\CCCCC)COP(=O)(O)OCC(CO)OC(=O)CCCCCCCCCCCCCCCCCCCCC. The van der Waals surface area contributed by atoms with Gasteiger partial charge in [0, 0.05) is 19.3 Å². The van der Waals surface area contributed by atoms with Crippen molar-refractivity contribution in [3.63, 3.8) is 0 Å². The van der Waals surface area contributed by atoms with Crippen LogP contribution in [-0.2, 0) is 42.2 Å². The van der Waals surface area contributed by atoms with Crippen molar-refractivity contribution in [1.82, 2.24) is 0 Å². The number of phosphoric acid groups is 1. The van der Waals surface area contributed by atoms with Crippen LogP contribution in [0, 0.1) is 0 Å². The van der Waals surface area contributed by atoms with E-state index in [1.54, 1.807) is 0 Å². The van der Waals surface area contributed by atoms with Gasteiger partial charge in [-0.05, 0) is 96.3 Å². The Morgan fingerprint density at radius 1 is 0.345 bits per heavy atom. The summed E-state index contributed by atoms with van der Waals surface area (Å²) in [5.41, 5.74) is 0. The number of aliphatic hydroxyl groups is 1. The van der Waals surface area contributed by atoms with Crippen LogP contribution in [-0.4, -0.2) is 66.5 Å². The van der Waals surface area contributed by atoms with Crippen LogP contribution in [0.2, 0.25) is 0 Å². The second-order valence-electron chi connectivity index (χ2n) is 23.0. The summed E-state index contributed by atoms with van der Waals surface area (Å²) in [5, 5.41) is 9.88. The number of carbonyl (C=O) groups excluding carboxylic acids is 3. The second kappa shape index (κ2) is 65.6. The van der Waals surface area contributed by atoms with Crippen molar-refractivity contribution >= 4 is 25.7 Å². The van der Waals surface area contributed by atoms with E-state index in [0.29, 0.717) is 19.3 Å². The van der Waals surface area contributed by atoms with Crippen molar-refractivity contribution in [2.24, 2.45) is 0 Å². The molecule has 0 aliphatic rings. The van der Waals surface area contributed by atoms with Crippen LogP contribution in [0.15, 0.2) is 85.1 Å². The van der Waals surface area contributed by atoms with E-state index in [1.807, 2.05) is 0 Å². The van der Waals surface area contributed by atoms with Gasteiger partial charge >= 0.3 is 25.7 Å². The zero-order valence-electron chi connectivity index (χ0n) is 54.1. The van der Waals surface area contributed by atoms with Gasteiger partial charge in [0.25, 0.3) is 0 Å². The fraction of sp³-hybridized carbons (Fsp3) is 0.764. The third-order valence-corrected chi connectivity index (χ3v) is 15.8. The van der Waals surface area contributed by atoms with Gasteiger partial charge in [0.2, 0.25) is 0 Å². The van der Waals surface area contributed by atoms with Gasteiger partial charge in [0.15, 0.2) is 6.10 Å². The van der Waals surface area contributed by atoms with Gasteiger partial charge in [-0.3, -0.25) is 23.4 Å². The van der Waals surface area contributed by atoms with Crippen LogP contribution in [0.25, 0.3) is 0 Å². The lowest BCUT2D eigenvalue weighted by Crippen LogP contribution is -2.30. The Morgan fingerprint density at radius 2 is 0.619 bits per heavy atom. The van der Waals surface area contributed by atoms with E-state index in [4.69, 9.17) is 23.3 Å². The fourth-order valence-corrected chi connectivity index (χ4v) is 10.4. The largest absolute Gasteiger partial charge is 0.472 e. The quantitative estimate of drug-likeness (QED) is 0.0197. The number of rotatable bonds is 64. The van der Waals surface area contributed by atoms with Gasteiger partial charge in [0.1, 0.15) is 12.7 Å². The monoisotopic (exact) mass is 1200 g/mol. The smallest absolute Gasteiger partial charge is 0.462 e. The molecule has 0 aromatic rings. The van der Waals surface area contributed by atoms with Gasteiger partial charge in [-0.15, -0.1) is 0 Å². The van der Waals surface area contributed by atoms with Gasteiger partial charge in [-0.1, -0.05) is 286 Å². The number of ether oxygens (including phenoxy) is 3. The highest BCUT2D eigenvalue weighted by molar-refractivity contribution is 7.47. The first-order chi connectivity index (χ1) is 41.2. The zero-order valence-corrected chi connectivity index (χ0v) is 55.0. The molecule has 0 saturated heterocycles. The maximum Gasteiger partial charge on any atom is 0.472 e. The first-order valence-corrected chi connectivity index (χ1v) is 36.0. The van der Waals surface area contributed by atoms with E-state index in [9.17, 15) is 28.9 Å². The van der Waals surface area contributed by atoms with Crippen molar-refractivity contribution in [2.75, 3.05) is 26.4 Å². The number of aliphatic hydroxyl groups excluding tert-OH is 1. The number of esters is 3. The highest BCUT2D eigenvalue weighted by atomic mass is 31.2. The van der Waals surface area contributed by atoms with E-state index >= 15 is 0 Å². The van der Waals surface area contributed by atoms with Gasteiger partial charge in [0.05, 0.1) is 19.8 Å². The van der Waals surface area contributed by atoms with E-state index < -0.39 is 57.8 Å². The molecule has 0 saturated carbocycles. The van der Waals surface area contributed by atoms with Gasteiger partial charge in [-0.2, -0.15) is 0 Å². The Hall–Kier alpha value is -3.34. The molecule has 0 heterocycles. The second-order valence-corrected chi connectivity index (χ2v) is 24.4. The Balaban J connectivity index is 4.70.